The molecule has 5 heteroatoms. The van der Waals surface area contributed by atoms with Gasteiger partial charge in [-0.2, -0.15) is 0 Å². The third kappa shape index (κ3) is 5.43. The van der Waals surface area contributed by atoms with Gasteiger partial charge in [0.15, 0.2) is 0 Å². The van der Waals surface area contributed by atoms with Crippen LogP contribution in [-0.2, 0) is 9.59 Å². The molecule has 2 N–H and O–H groups in total. The van der Waals surface area contributed by atoms with Gasteiger partial charge in [0, 0.05) is 6.04 Å². The van der Waals surface area contributed by atoms with Crippen LogP contribution in [0.1, 0.15) is 13.8 Å². The van der Waals surface area contributed by atoms with Gasteiger partial charge in [0.2, 0.25) is 0 Å². The highest BCUT2D eigenvalue weighted by Crippen LogP contribution is 2.21. The molecule has 0 atom stereocenters. The number of benzene rings is 2. The summed E-state index contributed by atoms with van der Waals surface area (Å²) in [5.41, 5.74) is 2.26. The summed E-state index contributed by atoms with van der Waals surface area (Å²) in [6.07, 6.45) is 0. The zero-order valence-electron chi connectivity index (χ0n) is 13.9. The molecule has 5 nitrogen and oxygen atoms in total. The van der Waals surface area contributed by atoms with Gasteiger partial charge in [-0.1, -0.05) is 42.5 Å². The Hall–Kier alpha value is -2.82. The predicted molar refractivity (Wildman–Crippen MR) is 93.7 cm³/mol. The normalized spacial score (nSPS) is 10.3. The number of rotatable bonds is 6. The lowest BCUT2D eigenvalue weighted by Crippen LogP contribution is -2.43. The van der Waals surface area contributed by atoms with Crippen molar-refractivity contribution in [2.75, 3.05) is 13.2 Å². The van der Waals surface area contributed by atoms with Crippen molar-refractivity contribution < 1.29 is 14.3 Å². The maximum absolute atomic E-state index is 11.5. The quantitative estimate of drug-likeness (QED) is 0.632. The molecule has 2 amide bonds. The van der Waals surface area contributed by atoms with Gasteiger partial charge in [0.05, 0.1) is 6.54 Å². The van der Waals surface area contributed by atoms with Crippen LogP contribution >= 0.6 is 0 Å². The van der Waals surface area contributed by atoms with E-state index < -0.39 is 11.8 Å². The van der Waals surface area contributed by atoms with E-state index in [1.807, 2.05) is 54.6 Å². The molecule has 0 radical (unpaired) electrons. The maximum Gasteiger partial charge on any atom is 0.309 e. The smallest absolute Gasteiger partial charge is 0.309 e. The number of carbonyl (C=O) groups excluding carboxylic acids is 2. The molecular weight excluding hydrogens is 304 g/mol. The highest BCUT2D eigenvalue weighted by atomic mass is 16.5. The summed E-state index contributed by atoms with van der Waals surface area (Å²) >= 11 is 0. The molecule has 0 aliphatic carbocycles. The Morgan fingerprint density at radius 3 is 2.17 bits per heavy atom. The number of carbonyl (C=O) groups is 2. The van der Waals surface area contributed by atoms with E-state index >= 15 is 0 Å². The Balaban J connectivity index is 1.75. The standard InChI is InChI=1S/C19H22N2O3/c1-14(2)21-19(23)18(22)20-12-13-24-17-10-8-16(9-11-17)15-6-4-3-5-7-15/h3-11,14H,12-13H2,1-2H3,(H,20,22)(H,21,23). The number of nitrogens with one attached hydrogen (secondary N) is 2. The van der Waals surface area contributed by atoms with E-state index in [0.717, 1.165) is 16.9 Å². The van der Waals surface area contributed by atoms with Crippen LogP contribution in [0.5, 0.6) is 5.75 Å². The first-order chi connectivity index (χ1) is 11.6. The maximum atomic E-state index is 11.5. The van der Waals surface area contributed by atoms with Crippen LogP contribution in [0.15, 0.2) is 54.6 Å². The van der Waals surface area contributed by atoms with Gasteiger partial charge < -0.3 is 15.4 Å². The molecule has 0 heterocycles. The van der Waals surface area contributed by atoms with E-state index in [9.17, 15) is 9.59 Å². The van der Waals surface area contributed by atoms with E-state index in [2.05, 4.69) is 10.6 Å². The summed E-state index contributed by atoms with van der Waals surface area (Å²) in [4.78, 5) is 22.9. The number of ether oxygens (including phenoxy) is 1. The first kappa shape index (κ1) is 17.5. The minimum absolute atomic E-state index is 0.0670. The summed E-state index contributed by atoms with van der Waals surface area (Å²) < 4.78 is 5.56. The van der Waals surface area contributed by atoms with Crippen LogP contribution in [0.4, 0.5) is 0 Å². The molecule has 2 aromatic rings. The lowest BCUT2D eigenvalue weighted by atomic mass is 10.1. The van der Waals surface area contributed by atoms with Crippen molar-refractivity contribution >= 4 is 11.8 Å². The highest BCUT2D eigenvalue weighted by molar-refractivity contribution is 6.35. The van der Waals surface area contributed by atoms with E-state index in [1.165, 1.54) is 0 Å². The van der Waals surface area contributed by atoms with Crippen molar-refractivity contribution in [2.24, 2.45) is 0 Å². The van der Waals surface area contributed by atoms with Gasteiger partial charge >= 0.3 is 11.8 Å². The fourth-order valence-corrected chi connectivity index (χ4v) is 2.12. The average molecular weight is 326 g/mol. The van der Waals surface area contributed by atoms with Gasteiger partial charge in [-0.05, 0) is 37.1 Å². The number of hydrogen-bond acceptors (Lipinski definition) is 3. The molecule has 126 valence electrons. The molecule has 0 saturated heterocycles. The monoisotopic (exact) mass is 326 g/mol. The van der Waals surface area contributed by atoms with Crippen LogP contribution in [-0.4, -0.2) is 31.0 Å². The van der Waals surface area contributed by atoms with E-state index in [1.54, 1.807) is 13.8 Å². The van der Waals surface area contributed by atoms with Crippen molar-refractivity contribution in [2.45, 2.75) is 19.9 Å². The van der Waals surface area contributed by atoms with Crippen molar-refractivity contribution in [3.63, 3.8) is 0 Å². The van der Waals surface area contributed by atoms with Gasteiger partial charge in [-0.15, -0.1) is 0 Å². The van der Waals surface area contributed by atoms with E-state index in [4.69, 9.17) is 4.74 Å². The van der Waals surface area contributed by atoms with Gasteiger partial charge in [0.1, 0.15) is 12.4 Å². The second-order valence-corrected chi connectivity index (χ2v) is 5.62. The largest absolute Gasteiger partial charge is 0.492 e. The molecular formula is C19H22N2O3. The van der Waals surface area contributed by atoms with Crippen LogP contribution < -0.4 is 15.4 Å². The van der Waals surface area contributed by atoms with Crippen LogP contribution in [0.2, 0.25) is 0 Å². The summed E-state index contributed by atoms with van der Waals surface area (Å²) in [6.45, 7) is 4.16. The molecule has 0 saturated carbocycles. The Labute approximate surface area is 142 Å². The Bertz CT molecular complexity index is 667. The summed E-state index contributed by atoms with van der Waals surface area (Å²) in [5.74, 6) is -0.556. The predicted octanol–water partition coefficient (Wildman–Crippen LogP) is 2.37. The van der Waals surface area contributed by atoms with E-state index in [-0.39, 0.29) is 12.6 Å². The molecule has 0 aromatic heterocycles. The van der Waals surface area contributed by atoms with Crippen molar-refractivity contribution in [1.29, 1.82) is 0 Å². The Kier molecular flexibility index (Phi) is 6.37. The molecule has 0 fully saturated rings. The third-order valence-corrected chi connectivity index (χ3v) is 3.24. The average Bonchev–Trinajstić information content (AvgIpc) is 2.59. The third-order valence-electron chi connectivity index (χ3n) is 3.24. The van der Waals surface area contributed by atoms with Crippen molar-refractivity contribution in [1.82, 2.24) is 10.6 Å². The van der Waals surface area contributed by atoms with Crippen molar-refractivity contribution in [3.8, 4) is 16.9 Å². The second kappa shape index (κ2) is 8.72. The lowest BCUT2D eigenvalue weighted by molar-refractivity contribution is -0.139. The van der Waals surface area contributed by atoms with Crippen LogP contribution in [0.3, 0.4) is 0 Å². The summed E-state index contributed by atoms with van der Waals surface area (Å²) in [7, 11) is 0. The fourth-order valence-electron chi connectivity index (χ4n) is 2.12. The van der Waals surface area contributed by atoms with Crippen molar-refractivity contribution in [3.05, 3.63) is 54.6 Å². The van der Waals surface area contributed by atoms with Gasteiger partial charge in [-0.3, -0.25) is 9.59 Å². The molecule has 2 rings (SSSR count). The summed E-state index contributed by atoms with van der Waals surface area (Å²) in [5, 5.41) is 5.05. The molecule has 0 aliphatic rings. The zero-order chi connectivity index (χ0) is 17.4. The second-order valence-electron chi connectivity index (χ2n) is 5.62. The molecule has 24 heavy (non-hydrogen) atoms. The van der Waals surface area contributed by atoms with Gasteiger partial charge in [-0.25, -0.2) is 0 Å². The lowest BCUT2D eigenvalue weighted by Gasteiger charge is -2.10. The molecule has 2 aromatic carbocycles. The first-order valence-corrected chi connectivity index (χ1v) is 7.93. The van der Waals surface area contributed by atoms with Crippen LogP contribution in [0, 0.1) is 0 Å². The summed E-state index contributed by atoms with van der Waals surface area (Å²) in [6, 6.07) is 17.7. The highest BCUT2D eigenvalue weighted by Gasteiger charge is 2.13. The topological polar surface area (TPSA) is 67.4 Å². The molecule has 0 spiro atoms. The number of amides is 2. The molecule has 0 unspecified atom stereocenters. The zero-order valence-corrected chi connectivity index (χ0v) is 13.9. The van der Waals surface area contributed by atoms with Gasteiger partial charge in [0.25, 0.3) is 0 Å². The SMILES string of the molecule is CC(C)NC(=O)C(=O)NCCOc1ccc(-c2ccccc2)cc1. The first-order valence-electron chi connectivity index (χ1n) is 7.93. The minimum atomic E-state index is -0.647. The minimum Gasteiger partial charge on any atom is -0.492 e. The van der Waals surface area contributed by atoms with Crippen LogP contribution in [0.25, 0.3) is 11.1 Å². The molecule has 0 aliphatic heterocycles. The Morgan fingerprint density at radius 1 is 0.917 bits per heavy atom. The molecule has 0 bridgehead atoms. The fraction of sp³-hybridized carbons (Fsp3) is 0.263. The number of hydrogen-bond donors (Lipinski definition) is 2. The van der Waals surface area contributed by atoms with E-state index in [0.29, 0.717) is 6.61 Å². The Morgan fingerprint density at radius 2 is 1.54 bits per heavy atom.